The second kappa shape index (κ2) is 15.2. The molecule has 5 rings (SSSR count). The highest BCUT2D eigenvalue weighted by molar-refractivity contribution is 5.87. The van der Waals surface area contributed by atoms with Crippen molar-refractivity contribution in [3.05, 3.63) is 101 Å². The van der Waals surface area contributed by atoms with Gasteiger partial charge in [0.05, 0.1) is 19.8 Å². The number of aliphatic hydroxyl groups is 3. The van der Waals surface area contributed by atoms with Gasteiger partial charge in [0, 0.05) is 37.0 Å². The molecule has 3 unspecified atom stereocenters. The molecule has 2 aliphatic heterocycles. The lowest BCUT2D eigenvalue weighted by Crippen LogP contribution is -2.56. The normalized spacial score (nSPS) is 21.7. The van der Waals surface area contributed by atoms with Gasteiger partial charge in [-0.2, -0.15) is 26.3 Å². The predicted molar refractivity (Wildman–Crippen MR) is 176 cm³/mol. The molecule has 2 aliphatic rings. The summed E-state index contributed by atoms with van der Waals surface area (Å²) in [5.74, 6) is -4.20. The summed E-state index contributed by atoms with van der Waals surface area (Å²) in [5, 5.41) is 30.4. The Morgan fingerprint density at radius 1 is 0.827 bits per heavy atom. The first-order valence-corrected chi connectivity index (χ1v) is 16.9. The number of ether oxygens (including phenoxy) is 2. The highest BCUT2D eigenvalue weighted by Crippen LogP contribution is 2.47. The SMILES string of the molecule is CC(C)C[C@@H]1CN2CCc3cc(CO)c(OC(=O)C(CO)(c4ccccc4)C(F)(F)F)cc3C2CC1OC(=O)[C@](CO)(c1ccccc1)C(F)(F)F. The minimum absolute atomic E-state index is 0.0106. The second-order valence-electron chi connectivity index (χ2n) is 13.9. The fraction of sp³-hybridized carbons (Fsp3) is 0.474. The molecule has 282 valence electrons. The van der Waals surface area contributed by atoms with E-state index in [4.69, 9.17) is 9.47 Å². The van der Waals surface area contributed by atoms with Crippen molar-refractivity contribution in [1.82, 2.24) is 4.90 Å². The maximum Gasteiger partial charge on any atom is 0.411 e. The second-order valence-corrected chi connectivity index (χ2v) is 13.9. The summed E-state index contributed by atoms with van der Waals surface area (Å²) in [5.41, 5.74) is -6.68. The van der Waals surface area contributed by atoms with E-state index in [2.05, 4.69) is 0 Å². The summed E-state index contributed by atoms with van der Waals surface area (Å²) >= 11 is 0. The molecule has 0 spiro atoms. The standard InChI is InChI=1S/C38H41F6NO7/c1-23(2)15-25-19-45-14-13-24-16-26(20-46)31(51-33(49)35(21-47,37(39,40)41)27-9-5-3-6-10-27)17-29(24)30(45)18-32(25)52-34(50)36(22-48,38(42,43)44)28-11-7-4-8-12-28/h3-12,16-17,23,25,30,32,46-48H,13-15,18-22H2,1-2H3/t25-,30?,32?,35?,36+/m1/s1. The van der Waals surface area contributed by atoms with Crippen molar-refractivity contribution in [2.45, 2.75) is 75.0 Å². The van der Waals surface area contributed by atoms with Crippen molar-refractivity contribution >= 4 is 11.9 Å². The van der Waals surface area contributed by atoms with Gasteiger partial charge in [-0.25, -0.2) is 0 Å². The van der Waals surface area contributed by atoms with Crippen LogP contribution in [0.4, 0.5) is 26.3 Å². The van der Waals surface area contributed by atoms with E-state index in [1.165, 1.54) is 48.5 Å². The number of alkyl halides is 6. The fourth-order valence-corrected chi connectivity index (χ4v) is 7.51. The van der Waals surface area contributed by atoms with E-state index < -0.39 is 84.1 Å². The number of hydrogen-bond acceptors (Lipinski definition) is 8. The van der Waals surface area contributed by atoms with Gasteiger partial charge in [0.15, 0.2) is 0 Å². The number of esters is 2. The molecule has 1 fully saturated rings. The Morgan fingerprint density at radius 3 is 1.85 bits per heavy atom. The van der Waals surface area contributed by atoms with Gasteiger partial charge < -0.3 is 24.8 Å². The monoisotopic (exact) mass is 737 g/mol. The average molecular weight is 738 g/mol. The fourth-order valence-electron chi connectivity index (χ4n) is 7.51. The van der Waals surface area contributed by atoms with Crippen LogP contribution >= 0.6 is 0 Å². The third kappa shape index (κ3) is 7.05. The molecule has 3 N–H and O–H groups in total. The van der Waals surface area contributed by atoms with Gasteiger partial charge in [-0.05, 0) is 53.1 Å². The lowest BCUT2D eigenvalue weighted by molar-refractivity contribution is -0.223. The number of halogens is 6. The number of nitrogens with zero attached hydrogens (tertiary/aromatic N) is 1. The summed E-state index contributed by atoms with van der Waals surface area (Å²) in [4.78, 5) is 29.3. The van der Waals surface area contributed by atoms with Crippen LogP contribution in [0.3, 0.4) is 0 Å². The van der Waals surface area contributed by atoms with E-state index >= 15 is 0 Å². The van der Waals surface area contributed by atoms with Crippen molar-refractivity contribution < 1.29 is 60.7 Å². The summed E-state index contributed by atoms with van der Waals surface area (Å²) in [7, 11) is 0. The summed E-state index contributed by atoms with van der Waals surface area (Å²) in [6.07, 6.45) is -10.6. The minimum atomic E-state index is -5.28. The van der Waals surface area contributed by atoms with Crippen molar-refractivity contribution in [1.29, 1.82) is 0 Å². The highest BCUT2D eigenvalue weighted by Gasteiger charge is 2.64. The van der Waals surface area contributed by atoms with E-state index in [9.17, 15) is 51.3 Å². The molecule has 52 heavy (non-hydrogen) atoms. The Balaban J connectivity index is 1.52. The zero-order valence-electron chi connectivity index (χ0n) is 28.6. The van der Waals surface area contributed by atoms with Gasteiger partial charge in [0.25, 0.3) is 0 Å². The van der Waals surface area contributed by atoms with Crippen molar-refractivity contribution in [3.63, 3.8) is 0 Å². The number of aliphatic hydroxyl groups excluding tert-OH is 3. The van der Waals surface area contributed by atoms with Gasteiger partial charge in [-0.1, -0.05) is 74.5 Å². The number of carbonyl (C=O) groups is 2. The maximum absolute atomic E-state index is 14.7. The largest absolute Gasteiger partial charge is 0.461 e. The van der Waals surface area contributed by atoms with Crippen LogP contribution in [0.15, 0.2) is 72.8 Å². The first-order chi connectivity index (χ1) is 24.5. The molecule has 14 heteroatoms. The third-order valence-corrected chi connectivity index (χ3v) is 10.3. The van der Waals surface area contributed by atoms with Crippen molar-refractivity contribution in [3.8, 4) is 5.75 Å². The van der Waals surface area contributed by atoms with Crippen LogP contribution in [-0.2, 0) is 38.2 Å². The van der Waals surface area contributed by atoms with Gasteiger partial charge in [-0.3, -0.25) is 14.5 Å². The summed E-state index contributed by atoms with van der Waals surface area (Å²) in [6.45, 7) is 0.687. The zero-order chi connectivity index (χ0) is 38.1. The molecular formula is C38H41F6NO7. The van der Waals surface area contributed by atoms with Crippen LogP contribution in [0.2, 0.25) is 0 Å². The van der Waals surface area contributed by atoms with Crippen LogP contribution in [0, 0.1) is 11.8 Å². The van der Waals surface area contributed by atoms with E-state index in [0.29, 0.717) is 37.1 Å². The number of benzene rings is 3. The Labute approximate surface area is 297 Å². The number of rotatable bonds is 11. The van der Waals surface area contributed by atoms with Gasteiger partial charge >= 0.3 is 24.3 Å². The molecular weight excluding hydrogens is 696 g/mol. The molecule has 8 nitrogen and oxygen atoms in total. The molecule has 1 saturated heterocycles. The summed E-state index contributed by atoms with van der Waals surface area (Å²) < 4.78 is 99.2. The third-order valence-electron chi connectivity index (χ3n) is 10.3. The first kappa shape index (κ1) is 39.2. The molecule has 3 aromatic rings. The summed E-state index contributed by atoms with van der Waals surface area (Å²) in [6, 6.07) is 14.6. The average Bonchev–Trinajstić information content (AvgIpc) is 3.09. The Kier molecular flexibility index (Phi) is 11.4. The Morgan fingerprint density at radius 2 is 1.37 bits per heavy atom. The van der Waals surface area contributed by atoms with Crippen LogP contribution in [-0.4, -0.2) is 76.9 Å². The molecule has 0 radical (unpaired) electrons. The van der Waals surface area contributed by atoms with Crippen LogP contribution in [0.1, 0.15) is 60.5 Å². The topological polar surface area (TPSA) is 117 Å². The van der Waals surface area contributed by atoms with Crippen LogP contribution in [0.5, 0.6) is 5.75 Å². The molecule has 3 aromatic carbocycles. The molecule has 0 saturated carbocycles. The smallest absolute Gasteiger partial charge is 0.411 e. The van der Waals surface area contributed by atoms with Crippen LogP contribution in [0.25, 0.3) is 0 Å². The van der Waals surface area contributed by atoms with Crippen molar-refractivity contribution in [2.75, 3.05) is 26.3 Å². The lowest BCUT2D eigenvalue weighted by atomic mass is 9.77. The van der Waals surface area contributed by atoms with E-state index in [1.54, 1.807) is 0 Å². The molecule has 5 atom stereocenters. The van der Waals surface area contributed by atoms with Gasteiger partial charge in [-0.15, -0.1) is 0 Å². The van der Waals surface area contributed by atoms with Crippen molar-refractivity contribution in [2.24, 2.45) is 11.8 Å². The van der Waals surface area contributed by atoms with Gasteiger partial charge in [0.2, 0.25) is 10.8 Å². The van der Waals surface area contributed by atoms with Crippen LogP contribution < -0.4 is 4.74 Å². The number of hydrogen-bond donors (Lipinski definition) is 3. The Hall–Kier alpha value is -3.98. The number of carbonyl (C=O) groups excluding carboxylic acids is 2. The highest BCUT2D eigenvalue weighted by atomic mass is 19.4. The van der Waals surface area contributed by atoms with Gasteiger partial charge in [0.1, 0.15) is 11.9 Å². The maximum atomic E-state index is 14.7. The zero-order valence-corrected chi connectivity index (χ0v) is 28.6. The molecule has 0 aliphatic carbocycles. The number of piperidine rings is 1. The molecule has 2 heterocycles. The Bertz CT molecular complexity index is 1720. The molecule has 0 amide bonds. The lowest BCUT2D eigenvalue weighted by Gasteiger charge is -2.48. The van der Waals surface area contributed by atoms with E-state index in [-0.39, 0.29) is 23.7 Å². The molecule has 0 aromatic heterocycles. The first-order valence-electron chi connectivity index (χ1n) is 16.9. The number of fused-ring (bicyclic) bond motifs is 3. The minimum Gasteiger partial charge on any atom is -0.461 e. The predicted octanol–water partition coefficient (Wildman–Crippen LogP) is 5.95. The van der Waals surface area contributed by atoms with E-state index in [0.717, 1.165) is 24.3 Å². The molecule has 0 bridgehead atoms. The van der Waals surface area contributed by atoms with E-state index in [1.807, 2.05) is 18.7 Å². The quantitative estimate of drug-likeness (QED) is 0.126.